The van der Waals surface area contributed by atoms with Crippen molar-refractivity contribution < 1.29 is 14.8 Å². The average molecular weight is 291 g/mol. The van der Waals surface area contributed by atoms with Gasteiger partial charge in [-0.1, -0.05) is 6.07 Å². The van der Waals surface area contributed by atoms with Crippen molar-refractivity contribution in [3.8, 4) is 0 Å². The largest absolute Gasteiger partial charge is 0.478 e. The summed E-state index contributed by atoms with van der Waals surface area (Å²) in [5.74, 6) is -0.695. The molecule has 1 unspecified atom stereocenters. The lowest BCUT2D eigenvalue weighted by atomic mass is 9.84. The number of nitro benzene ring substituents is 1. The molecule has 0 spiro atoms. The van der Waals surface area contributed by atoms with Gasteiger partial charge in [-0.25, -0.2) is 4.79 Å². The molecule has 1 atom stereocenters. The number of carbonyl (C=O) groups is 1. The van der Waals surface area contributed by atoms with Gasteiger partial charge in [0, 0.05) is 18.7 Å². The summed E-state index contributed by atoms with van der Waals surface area (Å²) in [6.07, 6.45) is 2.11. The van der Waals surface area contributed by atoms with Crippen LogP contribution in [-0.2, 0) is 0 Å². The number of nitrogens with zero attached hydrogens (tertiary/aromatic N) is 2. The maximum Gasteiger partial charge on any atom is 0.338 e. The molecule has 112 valence electrons. The summed E-state index contributed by atoms with van der Waals surface area (Å²) in [6.45, 7) is 2.94. The van der Waals surface area contributed by atoms with Gasteiger partial charge in [-0.2, -0.15) is 0 Å². The molecule has 3 aliphatic heterocycles. The number of hydrogen-bond donors (Lipinski definition) is 2. The molecule has 3 aliphatic rings. The minimum atomic E-state index is -1.15. The van der Waals surface area contributed by atoms with Crippen LogP contribution >= 0.6 is 0 Å². The van der Waals surface area contributed by atoms with Gasteiger partial charge < -0.3 is 15.3 Å². The maximum absolute atomic E-state index is 11.3. The molecule has 7 heteroatoms. The summed E-state index contributed by atoms with van der Waals surface area (Å²) < 4.78 is 0. The van der Waals surface area contributed by atoms with Gasteiger partial charge in [0.1, 0.15) is 5.69 Å². The summed E-state index contributed by atoms with van der Waals surface area (Å²) in [4.78, 5) is 24.3. The first kappa shape index (κ1) is 13.8. The molecule has 7 nitrogen and oxygen atoms in total. The molecule has 21 heavy (non-hydrogen) atoms. The van der Waals surface area contributed by atoms with Gasteiger partial charge >= 0.3 is 5.97 Å². The van der Waals surface area contributed by atoms with Gasteiger partial charge in [-0.3, -0.25) is 10.1 Å². The topological polar surface area (TPSA) is 95.7 Å². The van der Waals surface area contributed by atoms with Crippen molar-refractivity contribution >= 4 is 17.3 Å². The van der Waals surface area contributed by atoms with Crippen LogP contribution in [0.2, 0.25) is 0 Å². The van der Waals surface area contributed by atoms with E-state index in [-0.39, 0.29) is 23.0 Å². The lowest BCUT2D eigenvalue weighted by Gasteiger charge is -2.45. The summed E-state index contributed by atoms with van der Waals surface area (Å²) >= 11 is 0. The van der Waals surface area contributed by atoms with E-state index in [0.29, 0.717) is 5.92 Å². The zero-order chi connectivity index (χ0) is 15.0. The van der Waals surface area contributed by atoms with E-state index in [1.54, 1.807) is 0 Å². The molecule has 1 aromatic carbocycles. The SMILES string of the molecule is O=C(O)c1cccc([N+](=O)[O-])c1NC1CN2CCC1CC2. The number of nitrogens with one attached hydrogen (secondary N) is 1. The van der Waals surface area contributed by atoms with Crippen LogP contribution in [0.15, 0.2) is 18.2 Å². The second-order valence-electron chi connectivity index (χ2n) is 5.65. The third-order valence-electron chi connectivity index (χ3n) is 4.46. The number of carboxylic acids is 1. The van der Waals surface area contributed by atoms with Gasteiger partial charge in [0.15, 0.2) is 0 Å². The minimum absolute atomic E-state index is 0.0411. The number of carboxylic acid groups (broad SMARTS) is 1. The monoisotopic (exact) mass is 291 g/mol. The number of piperidine rings is 3. The van der Waals surface area contributed by atoms with Crippen molar-refractivity contribution in [2.75, 3.05) is 25.0 Å². The molecule has 0 aromatic heterocycles. The third kappa shape index (κ3) is 2.56. The Morgan fingerprint density at radius 3 is 2.62 bits per heavy atom. The number of aromatic carboxylic acids is 1. The van der Waals surface area contributed by atoms with Crippen LogP contribution in [0.4, 0.5) is 11.4 Å². The van der Waals surface area contributed by atoms with E-state index in [2.05, 4.69) is 10.2 Å². The Morgan fingerprint density at radius 1 is 1.38 bits per heavy atom. The molecule has 1 aromatic rings. The molecular formula is C14H17N3O4. The lowest BCUT2D eigenvalue weighted by Crippen LogP contribution is -2.53. The number of nitro groups is 1. The van der Waals surface area contributed by atoms with E-state index in [1.807, 2.05) is 0 Å². The van der Waals surface area contributed by atoms with Crippen LogP contribution < -0.4 is 5.32 Å². The van der Waals surface area contributed by atoms with Crippen molar-refractivity contribution in [2.45, 2.75) is 18.9 Å². The Morgan fingerprint density at radius 2 is 2.10 bits per heavy atom. The molecular weight excluding hydrogens is 274 g/mol. The summed E-state index contributed by atoms with van der Waals surface area (Å²) in [7, 11) is 0. The van der Waals surface area contributed by atoms with Crippen LogP contribution in [0.5, 0.6) is 0 Å². The Balaban J connectivity index is 1.93. The molecule has 4 rings (SSSR count). The highest BCUT2D eigenvalue weighted by molar-refractivity contribution is 5.96. The smallest absolute Gasteiger partial charge is 0.338 e. The molecule has 0 aliphatic carbocycles. The fraction of sp³-hybridized carbons (Fsp3) is 0.500. The Hall–Kier alpha value is -2.15. The predicted molar refractivity (Wildman–Crippen MR) is 76.6 cm³/mol. The second kappa shape index (κ2) is 5.33. The number of anilines is 1. The molecule has 0 amide bonds. The van der Waals surface area contributed by atoms with E-state index in [1.165, 1.54) is 18.2 Å². The van der Waals surface area contributed by atoms with Gasteiger partial charge in [0.25, 0.3) is 5.69 Å². The van der Waals surface area contributed by atoms with Crippen molar-refractivity contribution in [1.82, 2.24) is 4.90 Å². The van der Waals surface area contributed by atoms with Crippen LogP contribution in [-0.4, -0.2) is 46.6 Å². The molecule has 0 radical (unpaired) electrons. The Labute approximate surface area is 121 Å². The number of rotatable bonds is 4. The fourth-order valence-electron chi connectivity index (χ4n) is 3.34. The standard InChI is InChI=1S/C14H17N3O4/c18-14(19)10-2-1-3-12(17(20)21)13(10)15-11-8-16-6-4-9(11)5-7-16/h1-3,9,11,15H,4-8H2,(H,18,19). The summed E-state index contributed by atoms with van der Waals surface area (Å²) in [5.41, 5.74) is -0.0826. The van der Waals surface area contributed by atoms with E-state index in [4.69, 9.17) is 0 Å². The van der Waals surface area contributed by atoms with E-state index in [9.17, 15) is 20.0 Å². The highest BCUT2D eigenvalue weighted by Gasteiger charge is 2.35. The minimum Gasteiger partial charge on any atom is -0.478 e. The highest BCUT2D eigenvalue weighted by Crippen LogP contribution is 2.34. The van der Waals surface area contributed by atoms with Crippen molar-refractivity contribution in [2.24, 2.45) is 5.92 Å². The van der Waals surface area contributed by atoms with Crippen molar-refractivity contribution in [3.05, 3.63) is 33.9 Å². The first-order valence-electron chi connectivity index (χ1n) is 7.06. The van der Waals surface area contributed by atoms with E-state index >= 15 is 0 Å². The normalized spacial score (nSPS) is 27.3. The van der Waals surface area contributed by atoms with Gasteiger partial charge in [0.05, 0.1) is 10.5 Å². The van der Waals surface area contributed by atoms with Crippen LogP contribution in [0.1, 0.15) is 23.2 Å². The second-order valence-corrected chi connectivity index (χ2v) is 5.65. The first-order chi connectivity index (χ1) is 10.1. The molecule has 2 bridgehead atoms. The molecule has 2 N–H and O–H groups in total. The van der Waals surface area contributed by atoms with Crippen molar-refractivity contribution in [1.29, 1.82) is 0 Å². The number of para-hydroxylation sites is 1. The van der Waals surface area contributed by atoms with Gasteiger partial charge in [-0.05, 0) is 37.9 Å². The van der Waals surface area contributed by atoms with Crippen LogP contribution in [0.3, 0.4) is 0 Å². The van der Waals surface area contributed by atoms with Gasteiger partial charge in [-0.15, -0.1) is 0 Å². The average Bonchev–Trinajstić information content (AvgIpc) is 2.48. The Kier molecular flexibility index (Phi) is 3.50. The van der Waals surface area contributed by atoms with E-state index in [0.717, 1.165) is 32.5 Å². The molecule has 0 saturated carbocycles. The molecule has 3 saturated heterocycles. The van der Waals surface area contributed by atoms with Crippen LogP contribution in [0, 0.1) is 16.0 Å². The summed E-state index contributed by atoms with van der Waals surface area (Å²) in [5, 5.41) is 23.6. The molecule has 3 fully saturated rings. The van der Waals surface area contributed by atoms with E-state index < -0.39 is 10.9 Å². The van der Waals surface area contributed by atoms with Gasteiger partial charge in [0.2, 0.25) is 0 Å². The predicted octanol–water partition coefficient (Wildman–Crippen LogP) is 1.80. The molecule has 3 heterocycles. The Bertz CT molecular complexity index is 549. The van der Waals surface area contributed by atoms with Crippen LogP contribution in [0.25, 0.3) is 0 Å². The summed E-state index contributed by atoms with van der Waals surface area (Å²) in [6, 6.07) is 4.23. The lowest BCUT2D eigenvalue weighted by molar-refractivity contribution is -0.384. The number of fused-ring (bicyclic) bond motifs is 3. The maximum atomic E-state index is 11.3. The highest BCUT2D eigenvalue weighted by atomic mass is 16.6. The number of hydrogen-bond acceptors (Lipinski definition) is 5. The first-order valence-corrected chi connectivity index (χ1v) is 7.06. The fourth-order valence-corrected chi connectivity index (χ4v) is 3.34. The number of benzene rings is 1. The van der Waals surface area contributed by atoms with Crippen molar-refractivity contribution in [3.63, 3.8) is 0 Å². The third-order valence-corrected chi connectivity index (χ3v) is 4.46. The quantitative estimate of drug-likeness (QED) is 0.648. The zero-order valence-electron chi connectivity index (χ0n) is 11.5. The zero-order valence-corrected chi connectivity index (χ0v) is 11.5.